The molecule has 126 valence electrons. The lowest BCUT2D eigenvalue weighted by atomic mass is 10.2. The predicted octanol–water partition coefficient (Wildman–Crippen LogP) is 2.81. The smallest absolute Gasteiger partial charge is 0.307 e. The molecule has 0 saturated heterocycles. The van der Waals surface area contributed by atoms with Crippen LogP contribution < -0.4 is 15.5 Å². The Balaban J connectivity index is 1.82. The molecule has 7 heteroatoms. The zero-order valence-electron chi connectivity index (χ0n) is 13.5. The summed E-state index contributed by atoms with van der Waals surface area (Å²) in [5.74, 6) is 0.207. The number of hydrogen-bond acceptors (Lipinski definition) is 5. The molecule has 0 radical (unpaired) electrons. The largest absolute Gasteiger partial charge is 0.494 e. The molecule has 1 aromatic carbocycles. The lowest BCUT2D eigenvalue weighted by molar-refractivity contribution is -0.115. The van der Waals surface area contributed by atoms with Crippen LogP contribution in [0.15, 0.2) is 52.2 Å². The topological polar surface area (TPSA) is 92.9 Å². The van der Waals surface area contributed by atoms with Crippen molar-refractivity contribution in [2.45, 2.75) is 20.3 Å². The van der Waals surface area contributed by atoms with E-state index in [0.717, 1.165) is 5.75 Å². The highest BCUT2D eigenvalue weighted by atomic mass is 16.5. The Morgan fingerprint density at radius 1 is 1.21 bits per heavy atom. The third-order valence-electron chi connectivity index (χ3n) is 2.96. The van der Waals surface area contributed by atoms with Crippen molar-refractivity contribution < 1.29 is 18.7 Å². The highest BCUT2D eigenvalue weighted by Crippen LogP contribution is 2.15. The summed E-state index contributed by atoms with van der Waals surface area (Å²) in [5, 5.41) is 6.63. The number of nitrogens with zero attached hydrogens (tertiary/aromatic N) is 1. The van der Waals surface area contributed by atoms with Crippen molar-refractivity contribution in [3.8, 4) is 5.75 Å². The lowest BCUT2D eigenvalue weighted by Crippen LogP contribution is -2.21. The van der Waals surface area contributed by atoms with Crippen LogP contribution in [0.5, 0.6) is 5.75 Å². The highest BCUT2D eigenvalue weighted by Gasteiger charge is 2.08. The molecule has 0 aliphatic rings. The molecular weight excluding hydrogens is 310 g/mol. The highest BCUT2D eigenvalue weighted by molar-refractivity contribution is 6.06. The normalized spacial score (nSPS) is 11.0. The van der Waals surface area contributed by atoms with Gasteiger partial charge in [-0.1, -0.05) is 0 Å². The molecule has 1 heterocycles. The summed E-state index contributed by atoms with van der Waals surface area (Å²) in [6.07, 6.45) is 1.46. The van der Waals surface area contributed by atoms with Gasteiger partial charge in [-0.05, 0) is 50.2 Å². The van der Waals surface area contributed by atoms with Gasteiger partial charge in [0, 0.05) is 11.4 Å². The molecule has 0 unspecified atom stereocenters. The van der Waals surface area contributed by atoms with E-state index >= 15 is 0 Å². The summed E-state index contributed by atoms with van der Waals surface area (Å²) in [5.41, 5.74) is 3.47. The monoisotopic (exact) mass is 329 g/mol. The molecule has 0 aliphatic heterocycles. The number of nitrogens with one attached hydrogen (secondary N) is 2. The Bertz CT molecular complexity index is 706. The molecule has 2 aromatic rings. The first-order valence-corrected chi connectivity index (χ1v) is 7.48. The first kappa shape index (κ1) is 17.3. The number of carbonyl (C=O) groups is 2. The SMILES string of the molecule is CCOc1ccc(NC(=O)C/C(C)=N/NC(=O)c2ccco2)cc1. The molecule has 0 bridgehead atoms. The molecule has 0 saturated carbocycles. The summed E-state index contributed by atoms with van der Waals surface area (Å²) in [6, 6.07) is 10.2. The number of anilines is 1. The van der Waals surface area contributed by atoms with Crippen LogP contribution in [0, 0.1) is 0 Å². The summed E-state index contributed by atoms with van der Waals surface area (Å²) in [4.78, 5) is 23.6. The van der Waals surface area contributed by atoms with Gasteiger partial charge in [0.25, 0.3) is 0 Å². The molecule has 0 aliphatic carbocycles. The molecule has 2 rings (SSSR count). The third kappa shape index (κ3) is 5.28. The van der Waals surface area contributed by atoms with Gasteiger partial charge in [0.1, 0.15) is 5.75 Å². The van der Waals surface area contributed by atoms with Gasteiger partial charge >= 0.3 is 5.91 Å². The van der Waals surface area contributed by atoms with E-state index in [0.29, 0.717) is 18.0 Å². The number of benzene rings is 1. The minimum atomic E-state index is -0.466. The molecule has 0 atom stereocenters. The minimum absolute atomic E-state index is 0.0612. The fourth-order valence-corrected chi connectivity index (χ4v) is 1.89. The fourth-order valence-electron chi connectivity index (χ4n) is 1.89. The maximum Gasteiger partial charge on any atom is 0.307 e. The van der Waals surface area contributed by atoms with E-state index in [1.807, 2.05) is 6.92 Å². The van der Waals surface area contributed by atoms with Crippen LogP contribution in [0.1, 0.15) is 30.8 Å². The first-order valence-electron chi connectivity index (χ1n) is 7.48. The van der Waals surface area contributed by atoms with Crippen LogP contribution in [0.4, 0.5) is 5.69 Å². The first-order chi connectivity index (χ1) is 11.6. The van der Waals surface area contributed by atoms with E-state index < -0.39 is 5.91 Å². The van der Waals surface area contributed by atoms with Crippen molar-refractivity contribution in [3.63, 3.8) is 0 Å². The van der Waals surface area contributed by atoms with E-state index in [1.54, 1.807) is 37.3 Å². The Morgan fingerprint density at radius 3 is 2.58 bits per heavy atom. The van der Waals surface area contributed by atoms with Crippen molar-refractivity contribution in [2.75, 3.05) is 11.9 Å². The van der Waals surface area contributed by atoms with Crippen LogP contribution >= 0.6 is 0 Å². The van der Waals surface area contributed by atoms with Gasteiger partial charge in [-0.25, -0.2) is 5.43 Å². The zero-order chi connectivity index (χ0) is 17.4. The molecule has 0 fully saturated rings. The molecule has 0 spiro atoms. The molecule has 2 amide bonds. The number of hydrogen-bond donors (Lipinski definition) is 2. The fraction of sp³-hybridized carbons (Fsp3) is 0.235. The van der Waals surface area contributed by atoms with Crippen molar-refractivity contribution in [3.05, 3.63) is 48.4 Å². The van der Waals surface area contributed by atoms with Crippen LogP contribution in [0.3, 0.4) is 0 Å². The Labute approximate surface area is 139 Å². The lowest BCUT2D eigenvalue weighted by Gasteiger charge is -2.07. The number of rotatable bonds is 7. The van der Waals surface area contributed by atoms with Crippen molar-refractivity contribution in [1.82, 2.24) is 5.43 Å². The Morgan fingerprint density at radius 2 is 1.96 bits per heavy atom. The van der Waals surface area contributed by atoms with Gasteiger partial charge in [-0.3, -0.25) is 9.59 Å². The van der Waals surface area contributed by atoms with Gasteiger partial charge < -0.3 is 14.5 Å². The van der Waals surface area contributed by atoms with Gasteiger partial charge in [0.05, 0.1) is 19.3 Å². The number of hydrazone groups is 1. The number of carbonyl (C=O) groups excluding carboxylic acids is 2. The Hall–Kier alpha value is -3.09. The van der Waals surface area contributed by atoms with Crippen LogP contribution in [0.25, 0.3) is 0 Å². The second-order valence-electron chi connectivity index (χ2n) is 4.95. The van der Waals surface area contributed by atoms with Gasteiger partial charge in [-0.15, -0.1) is 0 Å². The average Bonchev–Trinajstić information content (AvgIpc) is 3.09. The van der Waals surface area contributed by atoms with Gasteiger partial charge in [-0.2, -0.15) is 5.10 Å². The van der Waals surface area contributed by atoms with Gasteiger partial charge in [0.2, 0.25) is 5.91 Å². The quantitative estimate of drug-likeness (QED) is 0.603. The maximum atomic E-state index is 12.0. The van der Waals surface area contributed by atoms with Crippen molar-refractivity contribution >= 4 is 23.2 Å². The Kier molecular flexibility index (Phi) is 6.13. The van der Waals surface area contributed by atoms with Crippen LogP contribution in [-0.4, -0.2) is 24.1 Å². The van der Waals surface area contributed by atoms with E-state index in [9.17, 15) is 9.59 Å². The van der Waals surface area contributed by atoms with Crippen molar-refractivity contribution in [2.24, 2.45) is 5.10 Å². The summed E-state index contributed by atoms with van der Waals surface area (Å²) in [7, 11) is 0. The van der Waals surface area contributed by atoms with Crippen molar-refractivity contribution in [1.29, 1.82) is 0 Å². The van der Waals surface area contributed by atoms with Gasteiger partial charge in [0.15, 0.2) is 5.76 Å². The summed E-state index contributed by atoms with van der Waals surface area (Å²) < 4.78 is 10.3. The van der Waals surface area contributed by atoms with Crippen LogP contribution in [-0.2, 0) is 4.79 Å². The molecule has 24 heavy (non-hydrogen) atoms. The standard InChI is InChI=1S/C17H19N3O4/c1-3-23-14-8-6-13(7-9-14)18-16(21)11-12(2)19-20-17(22)15-5-4-10-24-15/h4-10H,3,11H2,1-2H3,(H,18,21)(H,20,22)/b19-12+. The molecule has 7 nitrogen and oxygen atoms in total. The summed E-state index contributed by atoms with van der Waals surface area (Å²) in [6.45, 7) is 4.15. The molecular formula is C17H19N3O4. The molecule has 1 aromatic heterocycles. The number of amides is 2. The zero-order valence-corrected chi connectivity index (χ0v) is 13.5. The maximum absolute atomic E-state index is 12.0. The predicted molar refractivity (Wildman–Crippen MR) is 90.1 cm³/mol. The summed E-state index contributed by atoms with van der Waals surface area (Å²) >= 11 is 0. The van der Waals surface area contributed by atoms with E-state index in [4.69, 9.17) is 9.15 Å². The van der Waals surface area contributed by atoms with E-state index in [-0.39, 0.29) is 18.1 Å². The second-order valence-corrected chi connectivity index (χ2v) is 4.95. The number of furan rings is 1. The third-order valence-corrected chi connectivity index (χ3v) is 2.96. The van der Waals surface area contributed by atoms with Crippen LogP contribution in [0.2, 0.25) is 0 Å². The van der Waals surface area contributed by atoms with E-state index in [2.05, 4.69) is 15.8 Å². The minimum Gasteiger partial charge on any atom is -0.494 e. The number of ether oxygens (including phenoxy) is 1. The van der Waals surface area contributed by atoms with E-state index in [1.165, 1.54) is 12.3 Å². The second kappa shape index (κ2) is 8.52. The molecule has 2 N–H and O–H groups in total. The average molecular weight is 329 g/mol.